The zero-order valence-electron chi connectivity index (χ0n) is 21.2. The fourth-order valence-corrected chi connectivity index (χ4v) is 3.55. The van der Waals surface area contributed by atoms with E-state index in [4.69, 9.17) is 4.74 Å². The average Bonchev–Trinajstić information content (AvgIpc) is 3.44. The molecule has 7 nitrogen and oxygen atoms in total. The molecule has 0 spiro atoms. The number of hydrogen-bond acceptors (Lipinski definition) is 7. The number of hydrazine groups is 2. The van der Waals surface area contributed by atoms with Gasteiger partial charge >= 0.3 is 6.18 Å². The van der Waals surface area contributed by atoms with Gasteiger partial charge < -0.3 is 9.84 Å². The van der Waals surface area contributed by atoms with Crippen LogP contribution in [0.4, 0.5) is 13.2 Å². The maximum atomic E-state index is 13.5. The second-order valence-electron chi connectivity index (χ2n) is 8.50. The summed E-state index contributed by atoms with van der Waals surface area (Å²) in [6, 6.07) is 8.46. The second kappa shape index (κ2) is 13.4. The van der Waals surface area contributed by atoms with E-state index in [0.717, 1.165) is 23.3 Å². The predicted octanol–water partition coefficient (Wildman–Crippen LogP) is 5.18. The van der Waals surface area contributed by atoms with Crippen molar-refractivity contribution in [1.82, 2.24) is 16.5 Å². The lowest BCUT2D eigenvalue weighted by atomic mass is 9.99. The van der Waals surface area contributed by atoms with Gasteiger partial charge in [0, 0.05) is 28.8 Å². The third-order valence-electron chi connectivity index (χ3n) is 5.77. The summed E-state index contributed by atoms with van der Waals surface area (Å²) >= 11 is 0. The average molecular weight is 526 g/mol. The summed E-state index contributed by atoms with van der Waals surface area (Å²) in [5.41, 5.74) is 9.17. The van der Waals surface area contributed by atoms with Crippen molar-refractivity contribution >= 4 is 12.1 Å². The number of hydrazone groups is 1. The molecule has 0 aliphatic carbocycles. The second-order valence-corrected chi connectivity index (χ2v) is 8.50. The van der Waals surface area contributed by atoms with E-state index in [2.05, 4.69) is 58.9 Å². The lowest BCUT2D eigenvalue weighted by molar-refractivity contribution is -0.137. The predicted molar refractivity (Wildman–Crippen MR) is 142 cm³/mol. The Hall–Kier alpha value is -4.23. The maximum Gasteiger partial charge on any atom is 0.417 e. The molecule has 1 aliphatic rings. The molecule has 0 radical (unpaired) electrons. The van der Waals surface area contributed by atoms with Crippen molar-refractivity contribution in [1.29, 1.82) is 0 Å². The molecule has 0 saturated carbocycles. The van der Waals surface area contributed by atoms with E-state index in [1.54, 1.807) is 30.6 Å². The number of aryl methyl sites for hydroxylation is 1. The molecule has 0 amide bonds. The van der Waals surface area contributed by atoms with Gasteiger partial charge in [-0.2, -0.15) is 13.2 Å². The van der Waals surface area contributed by atoms with E-state index < -0.39 is 17.5 Å². The molecular weight excluding hydrogens is 495 g/mol. The van der Waals surface area contributed by atoms with Crippen molar-refractivity contribution in [3.05, 3.63) is 88.8 Å². The molecule has 38 heavy (non-hydrogen) atoms. The van der Waals surface area contributed by atoms with Crippen LogP contribution in [0.3, 0.4) is 0 Å². The van der Waals surface area contributed by atoms with Crippen LogP contribution in [0.2, 0.25) is 0 Å². The van der Waals surface area contributed by atoms with Crippen molar-refractivity contribution < 1.29 is 23.0 Å². The van der Waals surface area contributed by atoms with E-state index in [-0.39, 0.29) is 11.5 Å². The Morgan fingerprint density at radius 1 is 1.21 bits per heavy atom. The molecule has 1 aliphatic heterocycles. The number of halogens is 3. The van der Waals surface area contributed by atoms with Crippen molar-refractivity contribution in [2.75, 3.05) is 6.61 Å². The Morgan fingerprint density at radius 2 is 1.97 bits per heavy atom. The standard InChI is InChI=1S/C28H30F3N5O2/c1-4-14-32-18-26(19(3)5-2)38-15-6-7-22-16-23(27-33-35-36-34-27)11-9-20(22)8-10-21-12-13-24(37)17-25(21)28(29,30)31/h4,9,11-14,16-19,35-37H,1,5-7,15H2,2-3H3,(H,33,34)/b26-18+,32-14?. The third-order valence-corrected chi connectivity index (χ3v) is 5.77. The number of nitrogens with zero attached hydrogens (tertiary/aromatic N) is 2. The van der Waals surface area contributed by atoms with Crippen LogP contribution in [0.5, 0.6) is 5.75 Å². The van der Waals surface area contributed by atoms with Crippen molar-refractivity contribution in [2.24, 2.45) is 16.0 Å². The molecule has 10 heteroatoms. The number of phenolic OH excluding ortho intramolecular Hbond substituents is 1. The molecule has 4 N–H and O–H groups in total. The minimum Gasteiger partial charge on any atom is -0.508 e. The Labute approximate surface area is 220 Å². The van der Waals surface area contributed by atoms with Crippen molar-refractivity contribution in [3.63, 3.8) is 0 Å². The zero-order chi connectivity index (χ0) is 27.5. The molecule has 1 heterocycles. The minimum atomic E-state index is -4.64. The summed E-state index contributed by atoms with van der Waals surface area (Å²) in [6.45, 7) is 8.16. The summed E-state index contributed by atoms with van der Waals surface area (Å²) in [7, 11) is 0. The Morgan fingerprint density at radius 3 is 2.66 bits per heavy atom. The third kappa shape index (κ3) is 7.88. The van der Waals surface area contributed by atoms with Crippen LogP contribution in [-0.4, -0.2) is 23.8 Å². The highest BCUT2D eigenvalue weighted by molar-refractivity contribution is 5.99. The number of aromatic hydroxyl groups is 1. The van der Waals surface area contributed by atoms with Gasteiger partial charge in [0.25, 0.3) is 0 Å². The van der Waals surface area contributed by atoms with E-state index in [0.29, 0.717) is 36.9 Å². The molecule has 2 aromatic carbocycles. The van der Waals surface area contributed by atoms with E-state index in [1.807, 2.05) is 6.07 Å². The maximum absolute atomic E-state index is 13.5. The van der Waals surface area contributed by atoms with Gasteiger partial charge in [0.1, 0.15) is 11.5 Å². The quantitative estimate of drug-likeness (QED) is 0.149. The zero-order valence-corrected chi connectivity index (χ0v) is 21.2. The number of benzene rings is 2. The van der Waals surface area contributed by atoms with Gasteiger partial charge in [-0.3, -0.25) is 10.4 Å². The van der Waals surface area contributed by atoms with Crippen LogP contribution >= 0.6 is 0 Å². The fourth-order valence-electron chi connectivity index (χ4n) is 3.55. The van der Waals surface area contributed by atoms with Crippen LogP contribution in [0.1, 0.15) is 54.5 Å². The van der Waals surface area contributed by atoms with Gasteiger partial charge in [-0.1, -0.05) is 38.3 Å². The highest BCUT2D eigenvalue weighted by Gasteiger charge is 2.33. The van der Waals surface area contributed by atoms with Crippen LogP contribution in [0.15, 0.2) is 71.1 Å². The number of phenols is 1. The van der Waals surface area contributed by atoms with Gasteiger partial charge in [0.05, 0.1) is 18.4 Å². The number of nitrogens with one attached hydrogen (secondary N) is 3. The first-order valence-corrected chi connectivity index (χ1v) is 12.1. The molecule has 200 valence electrons. The van der Waals surface area contributed by atoms with E-state index in [9.17, 15) is 18.3 Å². The number of rotatable bonds is 10. The fraction of sp³-hybridized carbons (Fsp3) is 0.286. The molecule has 3 rings (SSSR count). The Bertz CT molecular complexity index is 1290. The van der Waals surface area contributed by atoms with Gasteiger partial charge in [-0.15, -0.1) is 10.6 Å². The van der Waals surface area contributed by atoms with Crippen molar-refractivity contribution in [2.45, 2.75) is 39.3 Å². The first-order valence-electron chi connectivity index (χ1n) is 12.1. The minimum absolute atomic E-state index is 0.196. The molecule has 0 bridgehead atoms. The van der Waals surface area contributed by atoms with Gasteiger partial charge in [-0.25, -0.2) is 5.53 Å². The number of alkyl halides is 3. The topological polar surface area (TPSA) is 90.3 Å². The highest BCUT2D eigenvalue weighted by atomic mass is 19.4. The van der Waals surface area contributed by atoms with Gasteiger partial charge in [0.2, 0.25) is 0 Å². The summed E-state index contributed by atoms with van der Waals surface area (Å²) in [6.07, 6.45) is 2.32. The molecule has 0 aromatic heterocycles. The Kier molecular flexibility index (Phi) is 9.96. The normalized spacial score (nSPS) is 14.2. The number of allylic oxidation sites excluding steroid dienone is 2. The molecule has 2 aromatic rings. The summed E-state index contributed by atoms with van der Waals surface area (Å²) in [4.78, 5) is 4.17. The lowest BCUT2D eigenvalue weighted by Crippen LogP contribution is -2.35. The largest absolute Gasteiger partial charge is 0.508 e. The molecular formula is C28H30F3N5O2. The van der Waals surface area contributed by atoms with Crippen LogP contribution in [0.25, 0.3) is 0 Å². The summed E-state index contributed by atoms with van der Waals surface area (Å²) < 4.78 is 46.4. The van der Waals surface area contributed by atoms with Crippen molar-refractivity contribution in [3.8, 4) is 17.6 Å². The number of hydrogen-bond donors (Lipinski definition) is 4. The number of aliphatic imine (C=N–C) groups is 1. The molecule has 0 saturated heterocycles. The first kappa shape index (κ1) is 28.3. The molecule has 0 fully saturated rings. The van der Waals surface area contributed by atoms with Crippen LogP contribution in [-0.2, 0) is 17.3 Å². The SMILES string of the molecule is C=CC=N/C=C(/OCCCc1cc(C2=NNNN2)ccc1C#Cc1ccc(O)cc1C(F)(F)F)C(C)CC. The van der Waals surface area contributed by atoms with E-state index in [1.165, 1.54) is 12.1 Å². The number of amidine groups is 1. The van der Waals surface area contributed by atoms with E-state index >= 15 is 0 Å². The van der Waals surface area contributed by atoms with Crippen LogP contribution < -0.4 is 16.5 Å². The highest BCUT2D eigenvalue weighted by Crippen LogP contribution is 2.34. The first-order chi connectivity index (χ1) is 18.2. The Balaban J connectivity index is 1.85. The summed E-state index contributed by atoms with van der Waals surface area (Å²) in [5.74, 6) is 6.59. The van der Waals surface area contributed by atoms with Gasteiger partial charge in [0.15, 0.2) is 5.84 Å². The lowest BCUT2D eigenvalue weighted by Gasteiger charge is -2.15. The molecule has 1 unspecified atom stereocenters. The smallest absolute Gasteiger partial charge is 0.417 e. The summed E-state index contributed by atoms with van der Waals surface area (Å²) in [5, 5.41) is 13.6. The number of ether oxygens (including phenoxy) is 1. The molecule has 1 atom stereocenters. The monoisotopic (exact) mass is 525 g/mol. The van der Waals surface area contributed by atoms with Crippen LogP contribution in [0, 0.1) is 17.8 Å². The van der Waals surface area contributed by atoms with Gasteiger partial charge in [-0.05, 0) is 61.2 Å².